The third kappa shape index (κ3) is 2.54. The molecule has 0 saturated heterocycles. The number of fused-ring (bicyclic) bond motifs is 1. The van der Waals surface area contributed by atoms with E-state index in [9.17, 15) is 0 Å². The summed E-state index contributed by atoms with van der Waals surface area (Å²) in [5.74, 6) is 2.16. The van der Waals surface area contributed by atoms with Crippen molar-refractivity contribution < 1.29 is 13.9 Å². The minimum atomic E-state index is 0.216. The van der Waals surface area contributed by atoms with Crippen LogP contribution in [0.4, 0.5) is 5.88 Å². The van der Waals surface area contributed by atoms with E-state index in [1.54, 1.807) is 6.92 Å². The number of oxazole rings is 1. The lowest BCUT2D eigenvalue weighted by molar-refractivity contribution is 0.174. The van der Waals surface area contributed by atoms with E-state index in [1.165, 1.54) is 0 Å². The molecule has 2 aromatic rings. The van der Waals surface area contributed by atoms with Crippen molar-refractivity contribution in [3.63, 3.8) is 0 Å². The van der Waals surface area contributed by atoms with Crippen LogP contribution in [-0.4, -0.2) is 11.8 Å². The van der Waals surface area contributed by atoms with Gasteiger partial charge in [-0.2, -0.15) is 10.2 Å². The predicted molar refractivity (Wildman–Crippen MR) is 75.8 cm³/mol. The Hall–Kier alpha value is -2.94. The first-order chi connectivity index (χ1) is 10.2. The average molecular weight is 283 g/mol. The van der Waals surface area contributed by atoms with Gasteiger partial charge in [0.25, 0.3) is 0 Å². The second kappa shape index (κ2) is 5.21. The number of anilines is 1. The van der Waals surface area contributed by atoms with E-state index in [0.29, 0.717) is 23.9 Å². The largest absolute Gasteiger partial charge is 0.454 e. The molecular weight excluding hydrogens is 270 g/mol. The van der Waals surface area contributed by atoms with Gasteiger partial charge < -0.3 is 19.2 Å². The maximum absolute atomic E-state index is 9.06. The summed E-state index contributed by atoms with van der Waals surface area (Å²) in [4.78, 5) is 4.06. The van der Waals surface area contributed by atoms with Crippen molar-refractivity contribution in [2.45, 2.75) is 13.5 Å². The highest BCUT2D eigenvalue weighted by molar-refractivity contribution is 5.57. The highest BCUT2D eigenvalue weighted by Gasteiger charge is 2.15. The molecule has 0 bridgehead atoms. The highest BCUT2D eigenvalue weighted by Crippen LogP contribution is 2.32. The molecule has 1 aliphatic heterocycles. The molecule has 0 spiro atoms. The van der Waals surface area contributed by atoms with Gasteiger partial charge in [-0.3, -0.25) is 0 Å². The zero-order valence-corrected chi connectivity index (χ0v) is 11.5. The summed E-state index contributed by atoms with van der Waals surface area (Å²) >= 11 is 0. The topological polar surface area (TPSA) is 80.3 Å². The minimum Gasteiger partial charge on any atom is -0.454 e. The first kappa shape index (κ1) is 13.1. The summed E-state index contributed by atoms with van der Waals surface area (Å²) < 4.78 is 16.1. The van der Waals surface area contributed by atoms with Gasteiger partial charge in [-0.25, -0.2) is 0 Å². The predicted octanol–water partition coefficient (Wildman–Crippen LogP) is 2.92. The van der Waals surface area contributed by atoms with E-state index in [-0.39, 0.29) is 12.5 Å². The number of benzene rings is 1. The average Bonchev–Trinajstić information content (AvgIpc) is 3.10. The Balaban J connectivity index is 1.76. The first-order valence-electron chi connectivity index (χ1n) is 6.36. The number of hydrogen-bond acceptors (Lipinski definition) is 6. The lowest BCUT2D eigenvalue weighted by Crippen LogP contribution is -1.99. The van der Waals surface area contributed by atoms with Crippen LogP contribution in [-0.2, 0) is 6.54 Å². The molecule has 6 heteroatoms. The van der Waals surface area contributed by atoms with Crippen LogP contribution in [0.15, 0.2) is 29.2 Å². The van der Waals surface area contributed by atoms with Crippen molar-refractivity contribution in [2.24, 2.45) is 0 Å². The number of rotatable bonds is 4. The van der Waals surface area contributed by atoms with Gasteiger partial charge >= 0.3 is 0 Å². The number of allylic oxidation sites excluding steroid dienone is 1. The Morgan fingerprint density at radius 3 is 3.00 bits per heavy atom. The smallest absolute Gasteiger partial charge is 0.232 e. The molecule has 0 saturated carbocycles. The third-order valence-electron chi connectivity index (χ3n) is 2.99. The van der Waals surface area contributed by atoms with Crippen LogP contribution in [0, 0.1) is 11.3 Å². The maximum atomic E-state index is 9.06. The molecule has 106 valence electrons. The third-order valence-corrected chi connectivity index (χ3v) is 2.99. The zero-order chi connectivity index (χ0) is 14.8. The van der Waals surface area contributed by atoms with Gasteiger partial charge in [0, 0.05) is 12.1 Å². The molecule has 21 heavy (non-hydrogen) atoms. The summed E-state index contributed by atoms with van der Waals surface area (Å²) in [5, 5.41) is 12.1. The molecule has 6 nitrogen and oxygen atoms in total. The molecule has 0 fully saturated rings. The number of nitrogens with zero attached hydrogens (tertiary/aromatic N) is 2. The van der Waals surface area contributed by atoms with Gasteiger partial charge in [-0.05, 0) is 24.6 Å². The Morgan fingerprint density at radius 2 is 2.24 bits per heavy atom. The fourth-order valence-corrected chi connectivity index (χ4v) is 1.93. The molecule has 0 unspecified atom stereocenters. The maximum Gasteiger partial charge on any atom is 0.232 e. The fraction of sp³-hybridized carbons (Fsp3) is 0.200. The van der Waals surface area contributed by atoms with E-state index >= 15 is 0 Å². The Morgan fingerprint density at radius 1 is 1.43 bits per heavy atom. The molecule has 2 heterocycles. The van der Waals surface area contributed by atoms with Gasteiger partial charge in [0.2, 0.25) is 24.3 Å². The van der Waals surface area contributed by atoms with Crippen LogP contribution >= 0.6 is 0 Å². The van der Waals surface area contributed by atoms with Gasteiger partial charge in [0.15, 0.2) is 11.5 Å². The quantitative estimate of drug-likeness (QED) is 0.929. The zero-order valence-electron chi connectivity index (χ0n) is 11.5. The molecule has 3 rings (SSSR count). The van der Waals surface area contributed by atoms with Crippen LogP contribution in [0.5, 0.6) is 11.5 Å². The van der Waals surface area contributed by atoms with Crippen LogP contribution < -0.4 is 14.8 Å². The first-order valence-corrected chi connectivity index (χ1v) is 6.36. The summed E-state index contributed by atoms with van der Waals surface area (Å²) in [6.07, 6.45) is 0. The second-order valence-corrected chi connectivity index (χ2v) is 4.63. The summed E-state index contributed by atoms with van der Waals surface area (Å²) in [7, 11) is 0. The van der Waals surface area contributed by atoms with Gasteiger partial charge in [0.05, 0.1) is 0 Å². The van der Waals surface area contributed by atoms with Crippen molar-refractivity contribution in [3.8, 4) is 17.6 Å². The summed E-state index contributed by atoms with van der Waals surface area (Å²) in [6, 6.07) is 7.65. The van der Waals surface area contributed by atoms with E-state index in [1.807, 2.05) is 24.3 Å². The molecule has 0 radical (unpaired) electrons. The van der Waals surface area contributed by atoms with Gasteiger partial charge in [-0.1, -0.05) is 12.6 Å². The fourth-order valence-electron chi connectivity index (χ4n) is 1.93. The normalized spacial score (nSPS) is 12.0. The number of nitriles is 1. The van der Waals surface area contributed by atoms with E-state index < -0.39 is 0 Å². The summed E-state index contributed by atoms with van der Waals surface area (Å²) in [5.41, 5.74) is 1.87. The number of hydrogen-bond donors (Lipinski definition) is 1. The Bertz CT molecular complexity index is 743. The van der Waals surface area contributed by atoms with Crippen LogP contribution in [0.1, 0.15) is 24.1 Å². The Labute approximate surface area is 121 Å². The van der Waals surface area contributed by atoms with Crippen molar-refractivity contribution in [2.75, 3.05) is 12.1 Å². The second-order valence-electron chi connectivity index (χ2n) is 4.63. The highest BCUT2D eigenvalue weighted by atomic mass is 16.7. The van der Waals surface area contributed by atoms with Gasteiger partial charge in [0.1, 0.15) is 6.07 Å². The molecule has 1 N–H and O–H groups in total. The molecule has 0 aliphatic carbocycles. The number of nitrogens with one attached hydrogen (secondary N) is 1. The van der Waals surface area contributed by atoms with Crippen molar-refractivity contribution in [1.82, 2.24) is 4.98 Å². The molecule has 1 aromatic heterocycles. The van der Waals surface area contributed by atoms with Crippen molar-refractivity contribution in [3.05, 3.63) is 41.9 Å². The van der Waals surface area contributed by atoms with Gasteiger partial charge in [-0.15, -0.1) is 0 Å². The van der Waals surface area contributed by atoms with Crippen molar-refractivity contribution >= 4 is 11.5 Å². The minimum absolute atomic E-state index is 0.216. The van der Waals surface area contributed by atoms with E-state index in [4.69, 9.17) is 19.2 Å². The molecule has 0 amide bonds. The number of aromatic nitrogens is 1. The lowest BCUT2D eigenvalue weighted by Gasteiger charge is -2.04. The Kier molecular flexibility index (Phi) is 3.24. The molecule has 1 aliphatic rings. The van der Waals surface area contributed by atoms with E-state index in [0.717, 1.165) is 17.1 Å². The van der Waals surface area contributed by atoms with Crippen LogP contribution in [0.2, 0.25) is 0 Å². The SMILES string of the molecule is C=C(C)c1nc(C#N)c(NCc2ccc3c(c2)OCO3)o1. The summed E-state index contributed by atoms with van der Waals surface area (Å²) in [6.45, 7) is 6.25. The van der Waals surface area contributed by atoms with Crippen LogP contribution in [0.3, 0.4) is 0 Å². The van der Waals surface area contributed by atoms with E-state index in [2.05, 4.69) is 16.9 Å². The van der Waals surface area contributed by atoms with Crippen LogP contribution in [0.25, 0.3) is 5.57 Å². The van der Waals surface area contributed by atoms with Crippen molar-refractivity contribution in [1.29, 1.82) is 5.26 Å². The number of ether oxygens (including phenoxy) is 2. The molecule has 1 aromatic carbocycles. The standard InChI is InChI=1S/C15H13N3O3/c1-9(2)14-18-11(6-16)15(21-14)17-7-10-3-4-12-13(5-10)20-8-19-12/h3-5,17H,1,7-8H2,2H3. The lowest BCUT2D eigenvalue weighted by atomic mass is 10.2. The molecular formula is C15H13N3O3. The monoisotopic (exact) mass is 283 g/mol. The molecule has 0 atom stereocenters.